The molecule has 0 aliphatic heterocycles. The van der Waals surface area contributed by atoms with E-state index in [-0.39, 0.29) is 0 Å². The summed E-state index contributed by atoms with van der Waals surface area (Å²) in [6, 6.07) is 8.97. The van der Waals surface area contributed by atoms with Crippen LogP contribution in [0.25, 0.3) is 0 Å². The molecule has 0 heterocycles. The van der Waals surface area contributed by atoms with Crippen molar-refractivity contribution < 1.29 is 0 Å². The van der Waals surface area contributed by atoms with E-state index in [1.165, 1.54) is 48.1 Å². The topological polar surface area (TPSA) is 38.0 Å². The maximum Gasteiger partial charge on any atom is 0.0513 e. The third-order valence-electron chi connectivity index (χ3n) is 3.63. The molecule has 1 aromatic carbocycles. The number of rotatable bonds is 5. The fraction of sp³-hybridized carbons (Fsp3) is 0.500. The smallest absolute Gasteiger partial charge is 0.0513 e. The van der Waals surface area contributed by atoms with Gasteiger partial charge in [0.25, 0.3) is 0 Å². The van der Waals surface area contributed by atoms with Crippen LogP contribution in [0.3, 0.4) is 0 Å². The molecule has 104 valence electrons. The molecule has 3 N–H and O–H groups in total. The summed E-state index contributed by atoms with van der Waals surface area (Å²) < 4.78 is 0. The molecular weight excluding hydrogens is 252 g/mol. The highest BCUT2D eigenvalue weighted by molar-refractivity contribution is 7.99. The summed E-state index contributed by atoms with van der Waals surface area (Å²) in [6.07, 6.45) is 8.79. The zero-order valence-corrected chi connectivity index (χ0v) is 12.5. The Morgan fingerprint density at radius 1 is 1.32 bits per heavy atom. The summed E-state index contributed by atoms with van der Waals surface area (Å²) in [4.78, 5) is 1.33. The van der Waals surface area contributed by atoms with Crippen LogP contribution in [0.5, 0.6) is 0 Å². The number of allylic oxidation sites excluding steroid dienone is 1. The van der Waals surface area contributed by atoms with Crippen molar-refractivity contribution in [2.45, 2.75) is 50.0 Å². The fourth-order valence-electron chi connectivity index (χ4n) is 2.50. The Kier molecular flexibility index (Phi) is 5.95. The Bertz CT molecular complexity index is 429. The van der Waals surface area contributed by atoms with Crippen molar-refractivity contribution in [2.75, 3.05) is 5.75 Å². The van der Waals surface area contributed by atoms with E-state index in [0.29, 0.717) is 6.04 Å². The summed E-state index contributed by atoms with van der Waals surface area (Å²) in [5.41, 5.74) is 5.81. The van der Waals surface area contributed by atoms with E-state index in [0.717, 1.165) is 5.75 Å². The van der Waals surface area contributed by atoms with Gasteiger partial charge in [0, 0.05) is 10.6 Å². The number of hydrazine groups is 1. The van der Waals surface area contributed by atoms with Crippen molar-refractivity contribution in [3.8, 4) is 0 Å². The van der Waals surface area contributed by atoms with Gasteiger partial charge < -0.3 is 0 Å². The van der Waals surface area contributed by atoms with Gasteiger partial charge in [-0.15, -0.1) is 11.8 Å². The predicted octanol–water partition coefficient (Wildman–Crippen LogP) is 3.81. The van der Waals surface area contributed by atoms with Crippen LogP contribution in [0, 0.1) is 6.92 Å². The lowest BCUT2D eigenvalue weighted by molar-refractivity contribution is 0.611. The molecule has 2 rings (SSSR count). The first kappa shape index (κ1) is 14.6. The second-order valence-electron chi connectivity index (χ2n) is 5.23. The lowest BCUT2D eigenvalue weighted by Gasteiger charge is -2.19. The van der Waals surface area contributed by atoms with Crippen molar-refractivity contribution in [1.29, 1.82) is 0 Å². The second-order valence-corrected chi connectivity index (χ2v) is 6.32. The molecule has 0 radical (unpaired) electrons. The quantitative estimate of drug-likeness (QED) is 0.372. The van der Waals surface area contributed by atoms with Gasteiger partial charge in [0.2, 0.25) is 0 Å². The molecule has 0 saturated carbocycles. The zero-order chi connectivity index (χ0) is 13.5. The number of hydrogen-bond donors (Lipinski definition) is 2. The molecule has 1 aliphatic carbocycles. The molecule has 0 amide bonds. The number of benzene rings is 1. The first-order chi connectivity index (χ1) is 9.29. The number of nitrogens with two attached hydrogens (primary N) is 1. The SMILES string of the molecule is Cc1cccc(SCC(NN)C2=CCCCCC2)c1. The van der Waals surface area contributed by atoms with Crippen molar-refractivity contribution >= 4 is 11.8 Å². The fourth-order valence-corrected chi connectivity index (χ4v) is 3.62. The van der Waals surface area contributed by atoms with Crippen molar-refractivity contribution in [3.63, 3.8) is 0 Å². The Morgan fingerprint density at radius 2 is 2.21 bits per heavy atom. The van der Waals surface area contributed by atoms with E-state index < -0.39 is 0 Å². The normalized spacial score (nSPS) is 17.7. The van der Waals surface area contributed by atoms with E-state index in [1.807, 2.05) is 11.8 Å². The van der Waals surface area contributed by atoms with Crippen LogP contribution in [-0.4, -0.2) is 11.8 Å². The summed E-state index contributed by atoms with van der Waals surface area (Å²) in [6.45, 7) is 2.14. The molecule has 1 aromatic rings. The van der Waals surface area contributed by atoms with Crippen molar-refractivity contribution in [2.24, 2.45) is 5.84 Å². The van der Waals surface area contributed by atoms with E-state index in [4.69, 9.17) is 5.84 Å². The molecule has 0 fully saturated rings. The van der Waals surface area contributed by atoms with Crippen molar-refractivity contribution in [3.05, 3.63) is 41.5 Å². The minimum absolute atomic E-state index is 0.309. The maximum absolute atomic E-state index is 5.74. The van der Waals surface area contributed by atoms with Gasteiger partial charge in [-0.3, -0.25) is 11.3 Å². The van der Waals surface area contributed by atoms with E-state index >= 15 is 0 Å². The summed E-state index contributed by atoms with van der Waals surface area (Å²) in [5, 5.41) is 0. The monoisotopic (exact) mass is 276 g/mol. The molecule has 0 aromatic heterocycles. The van der Waals surface area contributed by atoms with Gasteiger partial charge in [-0.1, -0.05) is 35.8 Å². The van der Waals surface area contributed by atoms with Crippen LogP contribution in [0.4, 0.5) is 0 Å². The molecule has 1 aliphatic rings. The van der Waals surface area contributed by atoms with Gasteiger partial charge in [0.15, 0.2) is 0 Å². The molecule has 19 heavy (non-hydrogen) atoms. The van der Waals surface area contributed by atoms with Gasteiger partial charge in [0.1, 0.15) is 0 Å². The first-order valence-electron chi connectivity index (χ1n) is 7.14. The average Bonchev–Trinajstić information content (AvgIpc) is 2.69. The highest BCUT2D eigenvalue weighted by Crippen LogP contribution is 2.25. The Hall–Kier alpha value is -0.770. The van der Waals surface area contributed by atoms with Crippen LogP contribution in [0.15, 0.2) is 40.8 Å². The number of aryl methyl sites for hydroxylation is 1. The number of nitrogens with one attached hydrogen (secondary N) is 1. The van der Waals surface area contributed by atoms with Gasteiger partial charge in [-0.25, -0.2) is 0 Å². The highest BCUT2D eigenvalue weighted by Gasteiger charge is 2.14. The van der Waals surface area contributed by atoms with Crippen LogP contribution < -0.4 is 11.3 Å². The van der Waals surface area contributed by atoms with Crippen molar-refractivity contribution in [1.82, 2.24) is 5.43 Å². The highest BCUT2D eigenvalue weighted by atomic mass is 32.2. The minimum atomic E-state index is 0.309. The summed E-state index contributed by atoms with van der Waals surface area (Å²) >= 11 is 1.88. The van der Waals surface area contributed by atoms with Crippen LogP contribution >= 0.6 is 11.8 Å². The molecule has 2 nitrogen and oxygen atoms in total. The first-order valence-corrected chi connectivity index (χ1v) is 8.12. The molecule has 0 saturated heterocycles. The maximum atomic E-state index is 5.74. The van der Waals surface area contributed by atoms with E-state index in [1.54, 1.807) is 0 Å². The summed E-state index contributed by atoms with van der Waals surface area (Å²) in [5.74, 6) is 6.75. The second kappa shape index (κ2) is 7.73. The minimum Gasteiger partial charge on any atom is -0.271 e. The standard InChI is InChI=1S/C16H24N2S/c1-13-7-6-10-15(11-13)19-12-16(18-17)14-8-4-2-3-5-9-14/h6-8,10-11,16,18H,2-5,9,12,17H2,1H3. The molecule has 0 spiro atoms. The molecular formula is C16H24N2S. The van der Waals surface area contributed by atoms with Gasteiger partial charge in [-0.2, -0.15) is 0 Å². The Labute approximate surface area is 120 Å². The third-order valence-corrected chi connectivity index (χ3v) is 4.72. The zero-order valence-electron chi connectivity index (χ0n) is 11.7. The number of thioether (sulfide) groups is 1. The lowest BCUT2D eigenvalue weighted by Crippen LogP contribution is -2.38. The Morgan fingerprint density at radius 3 is 3.00 bits per heavy atom. The van der Waals surface area contributed by atoms with Crippen LogP contribution in [0.1, 0.15) is 37.7 Å². The lowest BCUT2D eigenvalue weighted by atomic mass is 10.0. The van der Waals surface area contributed by atoms with Gasteiger partial charge in [0.05, 0.1) is 6.04 Å². The Balaban J connectivity index is 1.93. The predicted molar refractivity (Wildman–Crippen MR) is 84.2 cm³/mol. The summed E-state index contributed by atoms with van der Waals surface area (Å²) in [7, 11) is 0. The largest absolute Gasteiger partial charge is 0.271 e. The molecule has 0 bridgehead atoms. The van der Waals surface area contributed by atoms with Crippen LogP contribution in [-0.2, 0) is 0 Å². The number of hydrogen-bond acceptors (Lipinski definition) is 3. The van der Waals surface area contributed by atoms with Gasteiger partial charge in [-0.05, 0) is 44.7 Å². The molecule has 1 atom stereocenters. The third kappa shape index (κ3) is 4.68. The molecule has 3 heteroatoms. The van der Waals surface area contributed by atoms with Gasteiger partial charge >= 0.3 is 0 Å². The van der Waals surface area contributed by atoms with E-state index in [2.05, 4.69) is 42.7 Å². The van der Waals surface area contributed by atoms with Crippen LogP contribution in [0.2, 0.25) is 0 Å². The average molecular weight is 276 g/mol. The molecule has 1 unspecified atom stereocenters. The van der Waals surface area contributed by atoms with E-state index in [9.17, 15) is 0 Å².